The number of ketones is 2. The van der Waals surface area contributed by atoms with Crippen molar-refractivity contribution in [3.05, 3.63) is 35.9 Å². The fraction of sp³-hybridized carbons (Fsp3) is 0.619. The average molecular weight is 347 g/mol. The molecule has 1 aromatic rings. The van der Waals surface area contributed by atoms with E-state index in [9.17, 15) is 14.8 Å². The van der Waals surface area contributed by atoms with Crippen molar-refractivity contribution in [2.75, 3.05) is 0 Å². The van der Waals surface area contributed by atoms with Gasteiger partial charge < -0.3 is 5.21 Å². The van der Waals surface area contributed by atoms with E-state index in [2.05, 4.69) is 6.92 Å². The van der Waals surface area contributed by atoms with Crippen LogP contribution in [0.5, 0.6) is 0 Å². The van der Waals surface area contributed by atoms with E-state index in [1.54, 1.807) is 24.3 Å². The molecular formula is C21H33NO3. The maximum Gasteiger partial charge on any atom is 0.192 e. The second-order valence-corrected chi connectivity index (χ2v) is 6.93. The first-order valence-corrected chi connectivity index (χ1v) is 9.60. The minimum atomic E-state index is -1.57. The molecule has 0 aliphatic carbocycles. The van der Waals surface area contributed by atoms with Crippen molar-refractivity contribution in [2.24, 2.45) is 0 Å². The average Bonchev–Trinajstić information content (AvgIpc) is 2.65. The Kier molecular flexibility index (Phi) is 10.3. The molecule has 2 N–H and O–H groups in total. The molecular weight excluding hydrogens is 314 g/mol. The molecule has 4 heteroatoms. The highest BCUT2D eigenvalue weighted by atomic mass is 16.5. The van der Waals surface area contributed by atoms with Crippen LogP contribution in [-0.2, 0) is 4.79 Å². The Bertz CT molecular complexity index is 515. The van der Waals surface area contributed by atoms with Gasteiger partial charge in [0.1, 0.15) is 0 Å². The first kappa shape index (κ1) is 21.5. The van der Waals surface area contributed by atoms with Gasteiger partial charge in [-0.1, -0.05) is 88.6 Å². The molecule has 4 nitrogen and oxygen atoms in total. The Hall–Kier alpha value is -1.52. The normalized spacial score (nSPS) is 13.4. The number of nitrogens with one attached hydrogen (secondary N) is 1. The number of carbonyl (C=O) groups excluding carboxylic acids is 2. The third-order valence-electron chi connectivity index (χ3n) is 4.78. The molecule has 0 spiro atoms. The highest BCUT2D eigenvalue weighted by molar-refractivity contribution is 6.18. The van der Waals surface area contributed by atoms with E-state index >= 15 is 0 Å². The van der Waals surface area contributed by atoms with E-state index in [0.29, 0.717) is 12.0 Å². The summed E-state index contributed by atoms with van der Waals surface area (Å²) in [5.74, 6) is -0.650. The summed E-state index contributed by atoms with van der Waals surface area (Å²) >= 11 is 0. The maximum atomic E-state index is 12.6. The molecule has 1 aromatic carbocycles. The van der Waals surface area contributed by atoms with Crippen molar-refractivity contribution in [1.29, 1.82) is 0 Å². The van der Waals surface area contributed by atoms with Gasteiger partial charge >= 0.3 is 0 Å². The zero-order valence-electron chi connectivity index (χ0n) is 15.7. The predicted octanol–water partition coefficient (Wildman–Crippen LogP) is 5.10. The zero-order valence-corrected chi connectivity index (χ0v) is 15.7. The second-order valence-electron chi connectivity index (χ2n) is 6.93. The van der Waals surface area contributed by atoms with Crippen LogP contribution in [0.2, 0.25) is 0 Å². The quantitative estimate of drug-likeness (QED) is 0.213. The van der Waals surface area contributed by atoms with Gasteiger partial charge in [0.25, 0.3) is 0 Å². The number of benzene rings is 1. The van der Waals surface area contributed by atoms with E-state index < -0.39 is 11.3 Å². The summed E-state index contributed by atoms with van der Waals surface area (Å²) in [4.78, 5) is 25.0. The molecule has 0 bridgehead atoms. The van der Waals surface area contributed by atoms with Gasteiger partial charge in [0.15, 0.2) is 17.1 Å². The molecule has 0 aromatic heterocycles. The standard InChI is InChI=1S/C21H33NO3/c1-3-4-5-6-7-8-9-10-14-17-19(23)21(2,22-25)20(24)18-15-12-11-13-16-18/h11-13,15-16,22,25H,3-10,14,17H2,1-2H3. The number of unbranched alkanes of at least 4 members (excludes halogenated alkanes) is 8. The molecule has 0 heterocycles. The first-order valence-electron chi connectivity index (χ1n) is 9.60. The smallest absolute Gasteiger partial charge is 0.192 e. The number of rotatable bonds is 14. The molecule has 1 unspecified atom stereocenters. The van der Waals surface area contributed by atoms with Gasteiger partial charge in [-0.25, -0.2) is 0 Å². The van der Waals surface area contributed by atoms with E-state index in [1.165, 1.54) is 45.4 Å². The van der Waals surface area contributed by atoms with Crippen molar-refractivity contribution in [3.8, 4) is 0 Å². The van der Waals surface area contributed by atoms with E-state index in [-0.39, 0.29) is 5.78 Å². The Morgan fingerprint density at radius 1 is 0.920 bits per heavy atom. The Labute approximate surface area is 152 Å². The van der Waals surface area contributed by atoms with Gasteiger partial charge in [-0.3, -0.25) is 9.59 Å². The van der Waals surface area contributed by atoms with Crippen LogP contribution in [0.25, 0.3) is 0 Å². The van der Waals surface area contributed by atoms with Gasteiger partial charge in [0.05, 0.1) is 0 Å². The molecule has 25 heavy (non-hydrogen) atoms. The highest BCUT2D eigenvalue weighted by Gasteiger charge is 2.40. The van der Waals surface area contributed by atoms with Crippen LogP contribution in [0.1, 0.15) is 88.4 Å². The van der Waals surface area contributed by atoms with Gasteiger partial charge in [0, 0.05) is 12.0 Å². The van der Waals surface area contributed by atoms with E-state index in [4.69, 9.17) is 0 Å². The number of Topliss-reactive ketones (excluding diaryl/α,β-unsaturated/α-hetero) is 2. The van der Waals surface area contributed by atoms with Crippen LogP contribution in [-0.4, -0.2) is 22.3 Å². The lowest BCUT2D eigenvalue weighted by molar-refractivity contribution is -0.126. The molecule has 0 aliphatic heterocycles. The molecule has 0 saturated carbocycles. The number of carbonyl (C=O) groups is 2. The first-order chi connectivity index (χ1) is 12.1. The van der Waals surface area contributed by atoms with E-state index in [1.807, 2.05) is 11.5 Å². The molecule has 0 saturated heterocycles. The van der Waals surface area contributed by atoms with Gasteiger partial charge in [0.2, 0.25) is 0 Å². The SMILES string of the molecule is CCCCCCCCCCCC(=O)C(C)(NO)C(=O)c1ccccc1. The molecule has 0 fully saturated rings. The lowest BCUT2D eigenvalue weighted by Gasteiger charge is -2.25. The summed E-state index contributed by atoms with van der Waals surface area (Å²) in [6, 6.07) is 8.62. The number of hydrogen-bond acceptors (Lipinski definition) is 4. The van der Waals surface area contributed by atoms with Gasteiger partial charge in [-0.05, 0) is 13.3 Å². The topological polar surface area (TPSA) is 66.4 Å². The van der Waals surface area contributed by atoms with Crippen molar-refractivity contribution in [2.45, 2.75) is 83.6 Å². The van der Waals surface area contributed by atoms with Crippen molar-refractivity contribution >= 4 is 11.6 Å². The third kappa shape index (κ3) is 7.09. The maximum absolute atomic E-state index is 12.6. The van der Waals surface area contributed by atoms with E-state index in [0.717, 1.165) is 19.3 Å². The fourth-order valence-corrected chi connectivity index (χ4v) is 2.96. The monoisotopic (exact) mass is 347 g/mol. The molecule has 0 radical (unpaired) electrons. The van der Waals surface area contributed by atoms with Crippen molar-refractivity contribution in [3.63, 3.8) is 0 Å². The number of hydroxylamine groups is 1. The summed E-state index contributed by atoms with van der Waals surface area (Å²) in [6.45, 7) is 3.67. The Morgan fingerprint density at radius 3 is 1.96 bits per heavy atom. The molecule has 1 atom stereocenters. The molecule has 1 rings (SSSR count). The summed E-state index contributed by atoms with van der Waals surface area (Å²) in [5, 5.41) is 9.44. The molecule has 0 amide bonds. The number of hydrogen-bond donors (Lipinski definition) is 2. The molecule has 0 aliphatic rings. The van der Waals surface area contributed by atoms with Crippen LogP contribution < -0.4 is 5.48 Å². The Balaban J connectivity index is 2.35. The van der Waals surface area contributed by atoms with Crippen molar-refractivity contribution in [1.82, 2.24) is 5.48 Å². The Morgan fingerprint density at radius 2 is 1.44 bits per heavy atom. The van der Waals surface area contributed by atoms with Crippen LogP contribution >= 0.6 is 0 Å². The minimum absolute atomic E-state index is 0.258. The zero-order chi connectivity index (χ0) is 18.5. The third-order valence-corrected chi connectivity index (χ3v) is 4.78. The minimum Gasteiger partial charge on any atom is -0.315 e. The summed E-state index contributed by atoms with van der Waals surface area (Å²) < 4.78 is 0. The summed E-state index contributed by atoms with van der Waals surface area (Å²) in [7, 11) is 0. The molecule has 140 valence electrons. The summed E-state index contributed by atoms with van der Waals surface area (Å²) in [6.07, 6.45) is 10.8. The lowest BCUT2D eigenvalue weighted by atomic mass is 9.85. The fourth-order valence-electron chi connectivity index (χ4n) is 2.96. The second kappa shape index (κ2) is 11.9. The highest BCUT2D eigenvalue weighted by Crippen LogP contribution is 2.18. The van der Waals surface area contributed by atoms with Gasteiger partial charge in [-0.2, -0.15) is 5.48 Å². The lowest BCUT2D eigenvalue weighted by Crippen LogP contribution is -2.54. The van der Waals surface area contributed by atoms with Crippen LogP contribution in [0.3, 0.4) is 0 Å². The van der Waals surface area contributed by atoms with Crippen LogP contribution in [0.4, 0.5) is 0 Å². The summed E-state index contributed by atoms with van der Waals surface area (Å²) in [5.41, 5.74) is 0.813. The van der Waals surface area contributed by atoms with Crippen molar-refractivity contribution < 1.29 is 14.8 Å². The van der Waals surface area contributed by atoms with Gasteiger partial charge in [-0.15, -0.1) is 0 Å². The van der Waals surface area contributed by atoms with Crippen LogP contribution in [0, 0.1) is 0 Å². The predicted molar refractivity (Wildman–Crippen MR) is 101 cm³/mol. The largest absolute Gasteiger partial charge is 0.315 e. The van der Waals surface area contributed by atoms with Crippen LogP contribution in [0.15, 0.2) is 30.3 Å².